The third-order valence-electron chi connectivity index (χ3n) is 3.63. The van der Waals surface area contributed by atoms with Crippen LogP contribution in [0, 0.1) is 5.82 Å². The number of halogens is 1. The number of rotatable bonds is 5. The number of carbonyl (C=O) groups is 1. The van der Waals surface area contributed by atoms with Crippen molar-refractivity contribution < 1.29 is 22.3 Å². The van der Waals surface area contributed by atoms with Gasteiger partial charge in [-0.05, 0) is 18.2 Å². The number of piperazine rings is 1. The van der Waals surface area contributed by atoms with Gasteiger partial charge in [0, 0.05) is 39.3 Å². The van der Waals surface area contributed by atoms with Gasteiger partial charge in [0.2, 0.25) is 10.0 Å². The molecule has 1 heterocycles. The number of sulfonamides is 1. The van der Waals surface area contributed by atoms with Crippen LogP contribution in [0.5, 0.6) is 0 Å². The zero-order valence-electron chi connectivity index (χ0n) is 12.9. The lowest BCUT2D eigenvalue weighted by Crippen LogP contribution is -2.50. The minimum atomic E-state index is -3.71. The number of ether oxygens (including phenoxy) is 1. The standard InChI is InChI=1S/C14H20FN3O4S/c1-22-14(19)18-9-7-17(8-10-18)6-5-16-23(20,21)13-4-2-3-12(15)11-13/h2-4,11,16H,5-10H2,1H3. The summed E-state index contributed by atoms with van der Waals surface area (Å²) in [6.45, 7) is 3.13. The van der Waals surface area contributed by atoms with Gasteiger partial charge < -0.3 is 9.64 Å². The van der Waals surface area contributed by atoms with Crippen LogP contribution in [0.1, 0.15) is 0 Å². The van der Waals surface area contributed by atoms with Crippen LogP contribution in [0.3, 0.4) is 0 Å². The lowest BCUT2D eigenvalue weighted by molar-refractivity contribution is 0.0918. The molecule has 1 N–H and O–H groups in total. The summed E-state index contributed by atoms with van der Waals surface area (Å²) < 4.78 is 44.3. The van der Waals surface area contributed by atoms with Crippen LogP contribution < -0.4 is 4.72 Å². The number of carbonyl (C=O) groups excluding carboxylic acids is 1. The van der Waals surface area contributed by atoms with Gasteiger partial charge in [0.05, 0.1) is 12.0 Å². The van der Waals surface area contributed by atoms with E-state index in [0.717, 1.165) is 6.07 Å². The molecule has 128 valence electrons. The van der Waals surface area contributed by atoms with Crippen molar-refractivity contribution in [3.05, 3.63) is 30.1 Å². The van der Waals surface area contributed by atoms with Crippen molar-refractivity contribution >= 4 is 16.1 Å². The van der Waals surface area contributed by atoms with Gasteiger partial charge in [0.25, 0.3) is 0 Å². The molecule has 1 aliphatic heterocycles. The van der Waals surface area contributed by atoms with E-state index in [2.05, 4.69) is 9.46 Å². The maximum Gasteiger partial charge on any atom is 0.409 e. The van der Waals surface area contributed by atoms with Gasteiger partial charge in [-0.3, -0.25) is 4.90 Å². The van der Waals surface area contributed by atoms with E-state index in [-0.39, 0.29) is 17.5 Å². The van der Waals surface area contributed by atoms with Gasteiger partial charge in [-0.25, -0.2) is 22.3 Å². The molecule has 0 unspecified atom stereocenters. The van der Waals surface area contributed by atoms with Gasteiger partial charge in [-0.15, -0.1) is 0 Å². The summed E-state index contributed by atoms with van der Waals surface area (Å²) in [5.41, 5.74) is 0. The molecule has 1 aromatic carbocycles. The van der Waals surface area contributed by atoms with Crippen molar-refractivity contribution in [2.24, 2.45) is 0 Å². The molecule has 9 heteroatoms. The van der Waals surface area contributed by atoms with Gasteiger partial charge >= 0.3 is 6.09 Å². The van der Waals surface area contributed by atoms with E-state index < -0.39 is 15.8 Å². The molecule has 0 aromatic heterocycles. The molecule has 7 nitrogen and oxygen atoms in total. The first-order valence-corrected chi connectivity index (χ1v) is 8.71. The normalized spacial score (nSPS) is 16.3. The summed E-state index contributed by atoms with van der Waals surface area (Å²) in [6, 6.07) is 4.88. The zero-order chi connectivity index (χ0) is 16.9. The Bertz CT molecular complexity index is 645. The van der Waals surface area contributed by atoms with Crippen LogP contribution in [0.15, 0.2) is 29.2 Å². The van der Waals surface area contributed by atoms with Crippen molar-refractivity contribution in [1.82, 2.24) is 14.5 Å². The predicted octanol–water partition coefficient (Wildman–Crippen LogP) is 0.488. The number of nitrogens with one attached hydrogen (secondary N) is 1. The van der Waals surface area contributed by atoms with Crippen molar-refractivity contribution in [2.75, 3.05) is 46.4 Å². The number of benzene rings is 1. The van der Waals surface area contributed by atoms with Crippen LogP contribution in [0.4, 0.5) is 9.18 Å². The summed E-state index contributed by atoms with van der Waals surface area (Å²) >= 11 is 0. The summed E-state index contributed by atoms with van der Waals surface area (Å²) in [5.74, 6) is -0.591. The molecule has 0 spiro atoms. The Kier molecular flexibility index (Phi) is 5.91. The second-order valence-corrected chi connectivity index (χ2v) is 6.92. The van der Waals surface area contributed by atoms with Crippen LogP contribution in [0.25, 0.3) is 0 Å². The quantitative estimate of drug-likeness (QED) is 0.840. The zero-order valence-corrected chi connectivity index (χ0v) is 13.7. The molecule has 0 radical (unpaired) electrons. The summed E-state index contributed by atoms with van der Waals surface area (Å²) in [5, 5.41) is 0. The Morgan fingerprint density at radius 3 is 2.61 bits per heavy atom. The van der Waals surface area contributed by atoms with Crippen molar-refractivity contribution in [3.63, 3.8) is 0 Å². The van der Waals surface area contributed by atoms with Gasteiger partial charge in [-0.2, -0.15) is 0 Å². The molecule has 1 fully saturated rings. The highest BCUT2D eigenvalue weighted by atomic mass is 32.2. The number of methoxy groups -OCH3 is 1. The molecular weight excluding hydrogens is 325 g/mol. The van der Waals surface area contributed by atoms with Crippen LogP contribution in [0.2, 0.25) is 0 Å². The molecule has 1 aliphatic rings. The lowest BCUT2D eigenvalue weighted by Gasteiger charge is -2.33. The highest BCUT2D eigenvalue weighted by molar-refractivity contribution is 7.89. The Morgan fingerprint density at radius 1 is 1.30 bits per heavy atom. The van der Waals surface area contributed by atoms with Crippen LogP contribution in [-0.2, 0) is 14.8 Å². The van der Waals surface area contributed by atoms with Gasteiger partial charge in [0.15, 0.2) is 0 Å². The molecule has 1 amide bonds. The molecular formula is C14H20FN3O4S. The molecule has 1 saturated heterocycles. The number of amides is 1. The first-order chi connectivity index (χ1) is 10.9. The largest absolute Gasteiger partial charge is 0.453 e. The minimum absolute atomic E-state index is 0.0898. The number of hydrogen-bond acceptors (Lipinski definition) is 5. The SMILES string of the molecule is COC(=O)N1CCN(CCNS(=O)(=O)c2cccc(F)c2)CC1. The second kappa shape index (κ2) is 7.71. The first-order valence-electron chi connectivity index (χ1n) is 7.23. The van der Waals surface area contributed by atoms with Crippen molar-refractivity contribution in [3.8, 4) is 0 Å². The summed E-state index contributed by atoms with van der Waals surface area (Å²) in [4.78, 5) is 14.9. The molecule has 0 atom stereocenters. The average molecular weight is 345 g/mol. The highest BCUT2D eigenvalue weighted by Crippen LogP contribution is 2.10. The van der Waals surface area contributed by atoms with E-state index >= 15 is 0 Å². The third-order valence-corrected chi connectivity index (χ3v) is 5.09. The van der Waals surface area contributed by atoms with Crippen LogP contribution >= 0.6 is 0 Å². The fraction of sp³-hybridized carbons (Fsp3) is 0.500. The van der Waals surface area contributed by atoms with Gasteiger partial charge in [-0.1, -0.05) is 6.07 Å². The Morgan fingerprint density at radius 2 is 2.00 bits per heavy atom. The second-order valence-electron chi connectivity index (χ2n) is 5.15. The van der Waals surface area contributed by atoms with Gasteiger partial charge in [0.1, 0.15) is 5.82 Å². The van der Waals surface area contributed by atoms with Crippen molar-refractivity contribution in [1.29, 1.82) is 0 Å². The smallest absolute Gasteiger partial charge is 0.409 e. The Balaban J connectivity index is 1.78. The summed E-state index contributed by atoms with van der Waals surface area (Å²) in [6.07, 6.45) is -0.351. The minimum Gasteiger partial charge on any atom is -0.453 e. The topological polar surface area (TPSA) is 79.0 Å². The summed E-state index contributed by atoms with van der Waals surface area (Å²) in [7, 11) is -2.37. The van der Waals surface area contributed by atoms with Crippen molar-refractivity contribution in [2.45, 2.75) is 4.90 Å². The molecule has 2 rings (SSSR count). The maximum atomic E-state index is 13.1. The predicted molar refractivity (Wildman–Crippen MR) is 82.0 cm³/mol. The molecule has 0 saturated carbocycles. The third kappa shape index (κ3) is 4.88. The van der Waals surface area contributed by atoms with E-state index in [1.165, 1.54) is 25.3 Å². The molecule has 0 aliphatic carbocycles. The number of hydrogen-bond donors (Lipinski definition) is 1. The van der Waals surface area contributed by atoms with E-state index in [9.17, 15) is 17.6 Å². The van der Waals surface area contributed by atoms with E-state index in [1.807, 2.05) is 4.90 Å². The van der Waals surface area contributed by atoms with E-state index in [0.29, 0.717) is 32.7 Å². The fourth-order valence-electron chi connectivity index (χ4n) is 2.34. The molecule has 1 aromatic rings. The Labute approximate surface area is 135 Å². The van der Waals surface area contributed by atoms with E-state index in [1.54, 1.807) is 4.90 Å². The first kappa shape index (κ1) is 17.6. The molecule has 23 heavy (non-hydrogen) atoms. The Hall–Kier alpha value is -1.71. The maximum absolute atomic E-state index is 13.1. The lowest BCUT2D eigenvalue weighted by atomic mass is 10.3. The fourth-order valence-corrected chi connectivity index (χ4v) is 3.39. The molecule has 0 bridgehead atoms. The number of nitrogens with zero attached hydrogens (tertiary/aromatic N) is 2. The van der Waals surface area contributed by atoms with E-state index in [4.69, 9.17) is 0 Å². The van der Waals surface area contributed by atoms with Crippen LogP contribution in [-0.4, -0.2) is 70.7 Å². The monoisotopic (exact) mass is 345 g/mol. The average Bonchev–Trinajstić information content (AvgIpc) is 2.54. The highest BCUT2D eigenvalue weighted by Gasteiger charge is 2.21.